The minimum absolute atomic E-state index is 0.0862. The number of anilines is 1. The van der Waals surface area contributed by atoms with E-state index in [4.69, 9.17) is 4.74 Å². The normalized spacial score (nSPS) is 23.4. The van der Waals surface area contributed by atoms with Crippen molar-refractivity contribution in [2.45, 2.75) is 84.6 Å². The Balaban J connectivity index is 1.83. The third kappa shape index (κ3) is 4.60. The van der Waals surface area contributed by atoms with E-state index in [1.807, 2.05) is 25.7 Å². The first-order valence-electron chi connectivity index (χ1n) is 11.1. The first kappa shape index (κ1) is 23.7. The quantitative estimate of drug-likeness (QED) is 0.615. The van der Waals surface area contributed by atoms with Gasteiger partial charge in [0.05, 0.1) is 22.4 Å². The van der Waals surface area contributed by atoms with Crippen molar-refractivity contribution in [1.82, 2.24) is 4.98 Å². The molecule has 2 aliphatic rings. The van der Waals surface area contributed by atoms with Crippen LogP contribution in [0.3, 0.4) is 0 Å². The van der Waals surface area contributed by atoms with Crippen LogP contribution in [-0.4, -0.2) is 52.4 Å². The van der Waals surface area contributed by atoms with Gasteiger partial charge in [-0.15, -0.1) is 0 Å². The smallest absolute Gasteiger partial charge is 0.226 e. The number of hydrogen-bond donors (Lipinski definition) is 0. The average molecular weight is 499 g/mol. The number of morpholine rings is 1. The van der Waals surface area contributed by atoms with Gasteiger partial charge in [-0.05, 0) is 45.7 Å². The van der Waals surface area contributed by atoms with Crippen molar-refractivity contribution in [2.75, 3.05) is 18.0 Å². The number of rotatable bonds is 5. The SMILES string of the molecule is Cc1ccc(S(=O)(=O)c2nc(S(=O)(=O)C3CCCCC3)sc2N2C[C@H](C)O[C@@H](C)C2)cc1. The highest BCUT2D eigenvalue weighted by Gasteiger charge is 2.38. The summed E-state index contributed by atoms with van der Waals surface area (Å²) >= 11 is 0.988. The summed E-state index contributed by atoms with van der Waals surface area (Å²) in [6, 6.07) is 6.57. The predicted octanol–water partition coefficient (Wildman–Crippen LogP) is 4.00. The molecule has 0 unspecified atom stereocenters. The minimum atomic E-state index is -3.99. The van der Waals surface area contributed by atoms with E-state index in [0.29, 0.717) is 30.9 Å². The zero-order valence-corrected chi connectivity index (χ0v) is 21.1. The maximum atomic E-state index is 13.6. The van der Waals surface area contributed by atoms with Gasteiger partial charge in [0.2, 0.25) is 24.0 Å². The van der Waals surface area contributed by atoms with Gasteiger partial charge in [0.1, 0.15) is 5.00 Å². The van der Waals surface area contributed by atoms with E-state index in [1.165, 1.54) is 0 Å². The molecule has 7 nitrogen and oxygen atoms in total. The van der Waals surface area contributed by atoms with Gasteiger partial charge in [-0.3, -0.25) is 0 Å². The summed E-state index contributed by atoms with van der Waals surface area (Å²) in [5.41, 5.74) is 0.943. The van der Waals surface area contributed by atoms with Crippen LogP contribution in [-0.2, 0) is 24.4 Å². The van der Waals surface area contributed by atoms with Gasteiger partial charge in [-0.2, -0.15) is 0 Å². The van der Waals surface area contributed by atoms with Crippen molar-refractivity contribution in [3.8, 4) is 0 Å². The molecule has 0 bridgehead atoms. The van der Waals surface area contributed by atoms with Crippen LogP contribution in [0.25, 0.3) is 0 Å². The summed E-state index contributed by atoms with van der Waals surface area (Å²) in [6.45, 7) is 6.70. The second-order valence-electron chi connectivity index (χ2n) is 8.87. The van der Waals surface area contributed by atoms with Crippen molar-refractivity contribution >= 4 is 36.0 Å². The molecule has 1 aliphatic carbocycles. The highest BCUT2D eigenvalue weighted by Crippen LogP contribution is 2.40. The molecule has 176 valence electrons. The van der Waals surface area contributed by atoms with Crippen LogP contribution in [0.5, 0.6) is 0 Å². The van der Waals surface area contributed by atoms with E-state index in [2.05, 4.69) is 4.98 Å². The Morgan fingerprint density at radius 1 is 0.969 bits per heavy atom. The first-order chi connectivity index (χ1) is 15.1. The molecule has 0 amide bonds. The van der Waals surface area contributed by atoms with Gasteiger partial charge in [-0.1, -0.05) is 48.3 Å². The summed E-state index contributed by atoms with van der Waals surface area (Å²) in [5.74, 6) is 0. The average Bonchev–Trinajstić information content (AvgIpc) is 3.21. The molecule has 4 rings (SSSR count). The van der Waals surface area contributed by atoms with Gasteiger partial charge in [0.15, 0.2) is 5.03 Å². The molecule has 2 aromatic rings. The lowest BCUT2D eigenvalue weighted by Gasteiger charge is -2.36. The molecule has 2 heterocycles. The Hall–Kier alpha value is -1.49. The van der Waals surface area contributed by atoms with Crippen LogP contribution >= 0.6 is 11.3 Å². The number of benzene rings is 1. The summed E-state index contributed by atoms with van der Waals surface area (Å²) < 4.78 is 59.6. The van der Waals surface area contributed by atoms with Crippen molar-refractivity contribution in [2.24, 2.45) is 0 Å². The zero-order chi connectivity index (χ0) is 23.1. The summed E-state index contributed by atoms with van der Waals surface area (Å²) in [6.07, 6.45) is 3.77. The molecule has 0 radical (unpaired) electrons. The monoisotopic (exact) mass is 498 g/mol. The van der Waals surface area contributed by atoms with Crippen molar-refractivity contribution in [1.29, 1.82) is 0 Å². The van der Waals surface area contributed by atoms with Crippen LogP contribution in [0.2, 0.25) is 0 Å². The summed E-state index contributed by atoms with van der Waals surface area (Å²) in [7, 11) is -7.68. The summed E-state index contributed by atoms with van der Waals surface area (Å²) in [4.78, 5) is 6.34. The lowest BCUT2D eigenvalue weighted by atomic mass is 10.0. The van der Waals surface area contributed by atoms with Crippen molar-refractivity contribution < 1.29 is 21.6 Å². The van der Waals surface area contributed by atoms with E-state index in [-0.39, 0.29) is 26.5 Å². The third-order valence-electron chi connectivity index (χ3n) is 6.09. The predicted molar refractivity (Wildman–Crippen MR) is 125 cm³/mol. The number of aromatic nitrogens is 1. The molecule has 32 heavy (non-hydrogen) atoms. The van der Waals surface area contributed by atoms with Gasteiger partial charge in [-0.25, -0.2) is 21.8 Å². The Bertz CT molecular complexity index is 1160. The second kappa shape index (κ2) is 9.04. The fraction of sp³-hybridized carbons (Fsp3) is 0.591. The molecule has 0 N–H and O–H groups in total. The molecule has 1 aromatic heterocycles. The Kier molecular flexibility index (Phi) is 6.68. The molecule has 10 heteroatoms. The molecule has 2 atom stereocenters. The zero-order valence-electron chi connectivity index (χ0n) is 18.7. The lowest BCUT2D eigenvalue weighted by molar-refractivity contribution is -0.00517. The molecule has 1 saturated carbocycles. The minimum Gasteiger partial charge on any atom is -0.372 e. The number of aryl methyl sites for hydroxylation is 1. The fourth-order valence-electron chi connectivity index (χ4n) is 4.47. The van der Waals surface area contributed by atoms with Gasteiger partial charge < -0.3 is 9.64 Å². The van der Waals surface area contributed by atoms with Crippen molar-refractivity contribution in [3.05, 3.63) is 29.8 Å². The molecular weight excluding hydrogens is 468 g/mol. The lowest BCUT2D eigenvalue weighted by Crippen LogP contribution is -2.45. The van der Waals surface area contributed by atoms with Gasteiger partial charge >= 0.3 is 0 Å². The second-order valence-corrected chi connectivity index (χ2v) is 14.1. The molecule has 0 spiro atoms. The van der Waals surface area contributed by atoms with E-state index >= 15 is 0 Å². The number of sulfone groups is 2. The van der Waals surface area contributed by atoms with Crippen LogP contribution < -0.4 is 4.90 Å². The van der Waals surface area contributed by atoms with Crippen molar-refractivity contribution in [3.63, 3.8) is 0 Å². The molecular formula is C22H30N2O5S3. The number of thiazole rings is 1. The molecule has 1 aliphatic heterocycles. The van der Waals surface area contributed by atoms with Crippen LogP contribution in [0.4, 0.5) is 5.00 Å². The molecule has 1 saturated heterocycles. The number of nitrogens with zero attached hydrogens (tertiary/aromatic N) is 2. The highest BCUT2D eigenvalue weighted by molar-refractivity contribution is 7.94. The third-order valence-corrected chi connectivity index (χ3v) is 11.7. The largest absolute Gasteiger partial charge is 0.372 e. The van der Waals surface area contributed by atoms with E-state index in [1.54, 1.807) is 24.3 Å². The van der Waals surface area contributed by atoms with E-state index in [0.717, 1.165) is 36.2 Å². The van der Waals surface area contributed by atoms with Crippen LogP contribution in [0, 0.1) is 6.92 Å². The Labute approximate surface area is 194 Å². The standard InChI is InChI=1S/C22H30N2O5S3/c1-15-9-11-19(12-10-15)31(25,26)20-21(24-13-16(2)29-17(3)14-24)30-22(23-20)32(27,28)18-7-5-4-6-8-18/h9-12,16-18H,4-8,13-14H2,1-3H3/t16-,17-/m0/s1. The van der Waals surface area contributed by atoms with E-state index < -0.39 is 24.9 Å². The van der Waals surface area contributed by atoms with E-state index in [9.17, 15) is 16.8 Å². The van der Waals surface area contributed by atoms with Gasteiger partial charge in [0, 0.05) is 13.1 Å². The fourth-order valence-corrected chi connectivity index (χ4v) is 9.61. The summed E-state index contributed by atoms with van der Waals surface area (Å²) in [5, 5.41) is -0.267. The van der Waals surface area contributed by atoms with Crippen LogP contribution in [0.15, 0.2) is 38.5 Å². The first-order valence-corrected chi connectivity index (χ1v) is 14.9. The Morgan fingerprint density at radius 3 is 2.16 bits per heavy atom. The number of hydrogen-bond acceptors (Lipinski definition) is 8. The molecule has 2 fully saturated rings. The van der Waals surface area contributed by atoms with Crippen LogP contribution in [0.1, 0.15) is 51.5 Å². The van der Waals surface area contributed by atoms with Gasteiger partial charge in [0.25, 0.3) is 0 Å². The molecule has 1 aromatic carbocycles. The maximum absolute atomic E-state index is 13.6. The number of ether oxygens (including phenoxy) is 1. The Morgan fingerprint density at radius 2 is 1.56 bits per heavy atom. The highest BCUT2D eigenvalue weighted by atomic mass is 32.2. The maximum Gasteiger partial charge on any atom is 0.226 e. The topological polar surface area (TPSA) is 93.6 Å².